The fourth-order valence-electron chi connectivity index (χ4n) is 1.93. The van der Waals surface area contributed by atoms with Gasteiger partial charge in [-0.2, -0.15) is 0 Å². The molecule has 0 unspecified atom stereocenters. The number of rotatable bonds is 3. The monoisotopic (exact) mass is 188 g/mol. The van der Waals surface area contributed by atoms with Crippen molar-refractivity contribution in [3.8, 4) is 0 Å². The van der Waals surface area contributed by atoms with E-state index in [1.54, 1.807) is 0 Å². The summed E-state index contributed by atoms with van der Waals surface area (Å²) in [5.41, 5.74) is 5.64. The van der Waals surface area contributed by atoms with Crippen LogP contribution in [0.15, 0.2) is 18.2 Å². The quantitative estimate of drug-likeness (QED) is 0.664. The van der Waals surface area contributed by atoms with Crippen LogP contribution in [0, 0.1) is 13.8 Å². The molecule has 0 spiro atoms. The van der Waals surface area contributed by atoms with Crippen molar-refractivity contribution in [1.29, 1.82) is 0 Å². The average Bonchev–Trinajstić information content (AvgIpc) is 2.12. The molecule has 1 aromatic carbocycles. The molecule has 1 aromatic rings. The lowest BCUT2D eigenvalue weighted by Crippen LogP contribution is -1.91. The predicted molar refractivity (Wildman–Crippen MR) is 64.6 cm³/mol. The third-order valence-corrected chi connectivity index (χ3v) is 2.53. The van der Waals surface area contributed by atoms with E-state index in [2.05, 4.69) is 52.0 Å². The minimum absolute atomic E-state index is 1.19. The van der Waals surface area contributed by atoms with Gasteiger partial charge in [-0.3, -0.25) is 0 Å². The largest absolute Gasteiger partial charge is 0.0870 e. The summed E-state index contributed by atoms with van der Waals surface area (Å²) >= 11 is 0. The predicted octanol–water partition coefficient (Wildman–Crippen LogP) is 4.29. The molecule has 0 heteroatoms. The molecule has 14 heavy (non-hydrogen) atoms. The molecule has 0 amide bonds. The first kappa shape index (κ1) is 11.0. The SMILES string of the molecule is CC=Cc1c(C)cc(CCC)cc1C. The van der Waals surface area contributed by atoms with Crippen LogP contribution in [0.4, 0.5) is 0 Å². The first-order valence-corrected chi connectivity index (χ1v) is 5.41. The van der Waals surface area contributed by atoms with Crippen LogP contribution >= 0.6 is 0 Å². The summed E-state index contributed by atoms with van der Waals surface area (Å²) in [6.07, 6.45) is 6.72. The van der Waals surface area contributed by atoms with Crippen molar-refractivity contribution in [1.82, 2.24) is 0 Å². The zero-order valence-corrected chi connectivity index (χ0v) is 9.72. The molecule has 0 aromatic heterocycles. The van der Waals surface area contributed by atoms with Crippen LogP contribution in [0.2, 0.25) is 0 Å². The summed E-state index contributed by atoms with van der Waals surface area (Å²) in [6, 6.07) is 4.62. The molecule has 0 saturated carbocycles. The zero-order chi connectivity index (χ0) is 10.6. The molecule has 0 aliphatic rings. The molecular weight excluding hydrogens is 168 g/mol. The molecule has 76 valence electrons. The van der Waals surface area contributed by atoms with E-state index in [0.717, 1.165) is 0 Å². The highest BCUT2D eigenvalue weighted by molar-refractivity contribution is 5.58. The Labute approximate surface area is 87.7 Å². The van der Waals surface area contributed by atoms with Gasteiger partial charge in [0.05, 0.1) is 0 Å². The highest BCUT2D eigenvalue weighted by Crippen LogP contribution is 2.19. The lowest BCUT2D eigenvalue weighted by atomic mass is 9.97. The molecular formula is C14H20. The summed E-state index contributed by atoms with van der Waals surface area (Å²) < 4.78 is 0. The molecule has 1 rings (SSSR count). The molecule has 0 radical (unpaired) electrons. The summed E-state index contributed by atoms with van der Waals surface area (Å²) in [4.78, 5) is 0. The highest BCUT2D eigenvalue weighted by atomic mass is 14.1. The van der Waals surface area contributed by atoms with Crippen molar-refractivity contribution in [2.45, 2.75) is 40.5 Å². The van der Waals surface area contributed by atoms with E-state index in [1.807, 2.05) is 0 Å². The van der Waals surface area contributed by atoms with Crippen molar-refractivity contribution in [3.05, 3.63) is 40.5 Å². The van der Waals surface area contributed by atoms with Crippen molar-refractivity contribution < 1.29 is 0 Å². The van der Waals surface area contributed by atoms with Crippen LogP contribution in [0.1, 0.15) is 42.5 Å². The number of aryl methyl sites for hydroxylation is 3. The topological polar surface area (TPSA) is 0 Å². The third kappa shape index (κ3) is 2.47. The van der Waals surface area contributed by atoms with Crippen LogP contribution < -0.4 is 0 Å². The smallest absolute Gasteiger partial charge is 0.0201 e. The van der Waals surface area contributed by atoms with Crippen molar-refractivity contribution in [2.24, 2.45) is 0 Å². The maximum atomic E-state index is 2.31. The van der Waals surface area contributed by atoms with Gasteiger partial charge >= 0.3 is 0 Å². The summed E-state index contributed by atoms with van der Waals surface area (Å²) in [5, 5.41) is 0. The van der Waals surface area contributed by atoms with E-state index in [9.17, 15) is 0 Å². The standard InChI is InChI=1S/C14H20/c1-5-7-13-9-11(3)14(8-6-2)12(4)10-13/h6,8-10H,5,7H2,1-4H3. The summed E-state index contributed by atoms with van der Waals surface area (Å²) in [5.74, 6) is 0. The summed E-state index contributed by atoms with van der Waals surface area (Å²) in [7, 11) is 0. The van der Waals surface area contributed by atoms with Crippen LogP contribution in [0.5, 0.6) is 0 Å². The second kappa shape index (κ2) is 4.99. The highest BCUT2D eigenvalue weighted by Gasteiger charge is 2.01. The van der Waals surface area contributed by atoms with Gasteiger partial charge in [-0.05, 0) is 49.4 Å². The second-order valence-corrected chi connectivity index (χ2v) is 3.89. The van der Waals surface area contributed by atoms with E-state index in [1.165, 1.54) is 35.1 Å². The Morgan fingerprint density at radius 3 is 2.14 bits per heavy atom. The molecule has 0 atom stereocenters. The Balaban J connectivity index is 3.11. The maximum absolute atomic E-state index is 2.31. The lowest BCUT2D eigenvalue weighted by molar-refractivity contribution is 0.918. The lowest BCUT2D eigenvalue weighted by Gasteiger charge is -2.08. The fraction of sp³-hybridized carbons (Fsp3) is 0.429. The van der Waals surface area contributed by atoms with Crippen molar-refractivity contribution in [3.63, 3.8) is 0 Å². The minimum atomic E-state index is 1.19. The third-order valence-electron chi connectivity index (χ3n) is 2.53. The van der Waals surface area contributed by atoms with Gasteiger partial charge in [0.15, 0.2) is 0 Å². The van der Waals surface area contributed by atoms with Gasteiger partial charge in [0.1, 0.15) is 0 Å². The Morgan fingerprint density at radius 2 is 1.71 bits per heavy atom. The molecule has 0 nitrogen and oxygen atoms in total. The number of hydrogen-bond acceptors (Lipinski definition) is 0. The fourth-order valence-corrected chi connectivity index (χ4v) is 1.93. The Bertz CT molecular complexity index is 309. The molecule has 0 aliphatic carbocycles. The van der Waals surface area contributed by atoms with Crippen LogP contribution in [-0.4, -0.2) is 0 Å². The van der Waals surface area contributed by atoms with E-state index < -0.39 is 0 Å². The van der Waals surface area contributed by atoms with Gasteiger partial charge in [-0.25, -0.2) is 0 Å². The Kier molecular flexibility index (Phi) is 3.94. The number of benzene rings is 1. The minimum Gasteiger partial charge on any atom is -0.0870 e. The molecule has 0 fully saturated rings. The second-order valence-electron chi connectivity index (χ2n) is 3.89. The van der Waals surface area contributed by atoms with Crippen LogP contribution in [0.25, 0.3) is 6.08 Å². The Morgan fingerprint density at radius 1 is 1.14 bits per heavy atom. The zero-order valence-electron chi connectivity index (χ0n) is 9.72. The molecule has 0 N–H and O–H groups in total. The van der Waals surface area contributed by atoms with Gasteiger partial charge < -0.3 is 0 Å². The first-order chi connectivity index (χ1) is 6.69. The van der Waals surface area contributed by atoms with Gasteiger partial charge in [0.25, 0.3) is 0 Å². The van der Waals surface area contributed by atoms with E-state index >= 15 is 0 Å². The molecule has 0 heterocycles. The average molecular weight is 188 g/mol. The maximum Gasteiger partial charge on any atom is -0.0201 e. The normalized spacial score (nSPS) is 11.1. The van der Waals surface area contributed by atoms with Crippen LogP contribution in [0.3, 0.4) is 0 Å². The first-order valence-electron chi connectivity index (χ1n) is 5.41. The molecule has 0 bridgehead atoms. The van der Waals surface area contributed by atoms with Crippen molar-refractivity contribution >= 4 is 6.08 Å². The van der Waals surface area contributed by atoms with Gasteiger partial charge in [0, 0.05) is 0 Å². The van der Waals surface area contributed by atoms with Gasteiger partial charge in [-0.15, -0.1) is 0 Å². The van der Waals surface area contributed by atoms with E-state index in [0.29, 0.717) is 0 Å². The molecule has 0 aliphatic heterocycles. The molecule has 0 saturated heterocycles. The van der Waals surface area contributed by atoms with Crippen molar-refractivity contribution in [2.75, 3.05) is 0 Å². The van der Waals surface area contributed by atoms with Gasteiger partial charge in [-0.1, -0.05) is 37.6 Å². The number of allylic oxidation sites excluding steroid dienone is 1. The van der Waals surface area contributed by atoms with Crippen LogP contribution in [-0.2, 0) is 6.42 Å². The Hall–Kier alpha value is -1.04. The van der Waals surface area contributed by atoms with E-state index in [-0.39, 0.29) is 0 Å². The summed E-state index contributed by atoms with van der Waals surface area (Å²) in [6.45, 7) is 8.69. The van der Waals surface area contributed by atoms with Gasteiger partial charge in [0.2, 0.25) is 0 Å². The number of hydrogen-bond donors (Lipinski definition) is 0. The van der Waals surface area contributed by atoms with E-state index in [4.69, 9.17) is 0 Å².